The number of nitrogens with zero attached hydrogens (tertiary/aromatic N) is 2. The fraction of sp³-hybridized carbons (Fsp3) is 0.471. The van der Waals surface area contributed by atoms with Crippen molar-refractivity contribution < 1.29 is 0 Å². The van der Waals surface area contributed by atoms with Gasteiger partial charge in [-0.2, -0.15) is 5.10 Å². The van der Waals surface area contributed by atoms with E-state index in [1.807, 2.05) is 18.2 Å². The summed E-state index contributed by atoms with van der Waals surface area (Å²) in [7, 11) is 0. The lowest BCUT2D eigenvalue weighted by Crippen LogP contribution is -2.23. The minimum Gasteiger partial charge on any atom is -0.310 e. The van der Waals surface area contributed by atoms with Gasteiger partial charge in [0.25, 0.3) is 0 Å². The Morgan fingerprint density at radius 3 is 2.76 bits per heavy atom. The topological polar surface area (TPSA) is 29.9 Å². The Balaban J connectivity index is 2.14. The molecule has 0 saturated carbocycles. The number of nitrogens with one attached hydrogen (secondary N) is 1. The molecule has 3 nitrogen and oxygen atoms in total. The molecule has 114 valence electrons. The summed E-state index contributed by atoms with van der Waals surface area (Å²) in [5.41, 5.74) is 2.32. The molecule has 0 radical (unpaired) electrons. The van der Waals surface area contributed by atoms with Crippen LogP contribution in [0.2, 0.25) is 5.02 Å². The van der Waals surface area contributed by atoms with Gasteiger partial charge in [0.1, 0.15) is 0 Å². The highest BCUT2D eigenvalue weighted by atomic mass is 35.5. The van der Waals surface area contributed by atoms with E-state index in [-0.39, 0.29) is 6.04 Å². The van der Waals surface area contributed by atoms with Crippen molar-refractivity contribution in [2.75, 3.05) is 6.54 Å². The lowest BCUT2D eigenvalue weighted by atomic mass is 10.0. The lowest BCUT2D eigenvalue weighted by molar-refractivity contribution is 0.467. The molecule has 0 fully saturated rings. The molecule has 0 bridgehead atoms. The minimum atomic E-state index is 0.244. The first kappa shape index (κ1) is 16.1. The second kappa shape index (κ2) is 7.62. The van der Waals surface area contributed by atoms with Gasteiger partial charge < -0.3 is 5.32 Å². The molecule has 2 atom stereocenters. The highest BCUT2D eigenvalue weighted by molar-refractivity contribution is 6.30. The van der Waals surface area contributed by atoms with Crippen LogP contribution in [0.4, 0.5) is 0 Å². The Labute approximate surface area is 132 Å². The van der Waals surface area contributed by atoms with Crippen LogP contribution in [0.1, 0.15) is 50.5 Å². The Morgan fingerprint density at radius 2 is 2.10 bits per heavy atom. The van der Waals surface area contributed by atoms with Crippen LogP contribution in [-0.4, -0.2) is 16.3 Å². The molecule has 4 heteroatoms. The van der Waals surface area contributed by atoms with Gasteiger partial charge in [0.05, 0.1) is 5.69 Å². The molecule has 0 aliphatic heterocycles. The molecule has 1 N–H and O–H groups in total. The van der Waals surface area contributed by atoms with Crippen LogP contribution in [0.15, 0.2) is 36.5 Å². The van der Waals surface area contributed by atoms with Crippen LogP contribution in [0, 0.1) is 0 Å². The van der Waals surface area contributed by atoms with E-state index in [1.165, 1.54) is 5.56 Å². The van der Waals surface area contributed by atoms with Crippen molar-refractivity contribution in [1.82, 2.24) is 15.1 Å². The van der Waals surface area contributed by atoms with Gasteiger partial charge in [-0.3, -0.25) is 4.68 Å². The number of hydrogen-bond donors (Lipinski definition) is 1. The van der Waals surface area contributed by atoms with E-state index < -0.39 is 0 Å². The molecule has 1 heterocycles. The number of benzene rings is 1. The van der Waals surface area contributed by atoms with Crippen molar-refractivity contribution in [1.29, 1.82) is 0 Å². The fourth-order valence-corrected chi connectivity index (χ4v) is 2.60. The predicted molar refractivity (Wildman–Crippen MR) is 88.8 cm³/mol. The van der Waals surface area contributed by atoms with Crippen molar-refractivity contribution in [3.8, 4) is 0 Å². The second-order valence-electron chi connectivity index (χ2n) is 5.41. The van der Waals surface area contributed by atoms with Gasteiger partial charge >= 0.3 is 0 Å². The highest BCUT2D eigenvalue weighted by Crippen LogP contribution is 2.21. The smallest absolute Gasteiger partial charge is 0.0643 e. The summed E-state index contributed by atoms with van der Waals surface area (Å²) in [4.78, 5) is 0. The summed E-state index contributed by atoms with van der Waals surface area (Å²) >= 11 is 6.11. The van der Waals surface area contributed by atoms with Gasteiger partial charge in [0, 0.05) is 29.7 Å². The number of rotatable bonds is 7. The maximum Gasteiger partial charge on any atom is 0.0643 e. The Bertz CT molecular complexity index is 565. The summed E-state index contributed by atoms with van der Waals surface area (Å²) in [5.74, 6) is 0. The van der Waals surface area contributed by atoms with Crippen LogP contribution >= 0.6 is 11.6 Å². The van der Waals surface area contributed by atoms with Crippen molar-refractivity contribution in [2.45, 2.75) is 45.7 Å². The molecule has 0 amide bonds. The molecule has 0 saturated heterocycles. The number of aromatic nitrogens is 2. The predicted octanol–water partition coefficient (Wildman–Crippen LogP) is 4.40. The monoisotopic (exact) mass is 305 g/mol. The van der Waals surface area contributed by atoms with E-state index in [0.717, 1.165) is 30.1 Å². The fourth-order valence-electron chi connectivity index (χ4n) is 2.41. The molecule has 2 rings (SSSR count). The molecule has 0 spiro atoms. The number of halogens is 1. The van der Waals surface area contributed by atoms with E-state index >= 15 is 0 Å². The third-order valence-corrected chi connectivity index (χ3v) is 4.06. The summed E-state index contributed by atoms with van der Waals surface area (Å²) in [6.45, 7) is 7.41. The van der Waals surface area contributed by atoms with Crippen LogP contribution in [0.5, 0.6) is 0 Å². The molecule has 1 aromatic heterocycles. The van der Waals surface area contributed by atoms with E-state index in [9.17, 15) is 0 Å². The van der Waals surface area contributed by atoms with Crippen molar-refractivity contribution in [3.05, 3.63) is 52.8 Å². The van der Waals surface area contributed by atoms with Gasteiger partial charge in [0.15, 0.2) is 0 Å². The van der Waals surface area contributed by atoms with Crippen LogP contribution < -0.4 is 5.32 Å². The molecular weight excluding hydrogens is 282 g/mol. The van der Waals surface area contributed by atoms with Crippen molar-refractivity contribution in [3.63, 3.8) is 0 Å². The third kappa shape index (κ3) is 4.32. The zero-order valence-corrected chi connectivity index (χ0v) is 13.8. The van der Waals surface area contributed by atoms with Crippen molar-refractivity contribution >= 4 is 11.6 Å². The molecule has 2 unspecified atom stereocenters. The maximum atomic E-state index is 6.11. The first-order chi connectivity index (χ1) is 10.1. The summed E-state index contributed by atoms with van der Waals surface area (Å²) in [6.07, 6.45) is 4.04. The maximum absolute atomic E-state index is 6.11. The van der Waals surface area contributed by atoms with Gasteiger partial charge in [0.2, 0.25) is 0 Å². The Kier molecular flexibility index (Phi) is 5.83. The second-order valence-corrected chi connectivity index (χ2v) is 5.85. The third-order valence-electron chi connectivity index (χ3n) is 3.82. The largest absolute Gasteiger partial charge is 0.310 e. The van der Waals surface area contributed by atoms with E-state index in [2.05, 4.69) is 49.1 Å². The summed E-state index contributed by atoms with van der Waals surface area (Å²) in [5, 5.41) is 8.99. The van der Waals surface area contributed by atoms with Crippen LogP contribution in [0.3, 0.4) is 0 Å². The normalized spacial score (nSPS) is 14.1. The zero-order chi connectivity index (χ0) is 15.2. The average Bonchev–Trinajstić information content (AvgIpc) is 2.94. The first-order valence-electron chi connectivity index (χ1n) is 7.66. The number of hydrogen-bond acceptors (Lipinski definition) is 2. The highest BCUT2D eigenvalue weighted by Gasteiger charge is 2.14. The molecule has 21 heavy (non-hydrogen) atoms. The lowest BCUT2D eigenvalue weighted by Gasteiger charge is -2.17. The summed E-state index contributed by atoms with van der Waals surface area (Å²) in [6, 6.07) is 10.9. The zero-order valence-electron chi connectivity index (χ0n) is 13.0. The van der Waals surface area contributed by atoms with Crippen LogP contribution in [0.25, 0.3) is 0 Å². The standard InChI is InChI=1S/C17H24ClN3/c1-4-13(3)21-10-9-16(20-21)12-17(19-5-2)14-7-6-8-15(18)11-14/h6-11,13,17,19H,4-5,12H2,1-3H3. The van der Waals surface area contributed by atoms with Crippen LogP contribution in [-0.2, 0) is 6.42 Å². The quantitative estimate of drug-likeness (QED) is 0.821. The molecule has 0 aliphatic carbocycles. The van der Waals surface area contributed by atoms with E-state index in [4.69, 9.17) is 16.7 Å². The van der Waals surface area contributed by atoms with E-state index in [1.54, 1.807) is 0 Å². The van der Waals surface area contributed by atoms with Gasteiger partial charge in [-0.05, 0) is 43.7 Å². The van der Waals surface area contributed by atoms with Crippen molar-refractivity contribution in [2.24, 2.45) is 0 Å². The Morgan fingerprint density at radius 1 is 1.29 bits per heavy atom. The first-order valence-corrected chi connectivity index (χ1v) is 8.04. The van der Waals surface area contributed by atoms with E-state index in [0.29, 0.717) is 6.04 Å². The Hall–Kier alpha value is -1.32. The molecule has 0 aliphatic rings. The minimum absolute atomic E-state index is 0.244. The van der Waals surface area contributed by atoms with Gasteiger partial charge in [-0.15, -0.1) is 0 Å². The summed E-state index contributed by atoms with van der Waals surface area (Å²) < 4.78 is 2.05. The molecule has 1 aromatic carbocycles. The molecular formula is C17H24ClN3. The SMILES string of the molecule is CCNC(Cc1ccn(C(C)CC)n1)c1cccc(Cl)c1. The molecule has 2 aromatic rings. The van der Waals surface area contributed by atoms with Gasteiger partial charge in [-0.1, -0.05) is 37.6 Å². The number of likely N-dealkylation sites (N-methyl/N-ethyl adjacent to an activating group) is 1. The van der Waals surface area contributed by atoms with Gasteiger partial charge in [-0.25, -0.2) is 0 Å². The average molecular weight is 306 g/mol.